The molecule has 0 saturated carbocycles. The van der Waals surface area contributed by atoms with E-state index < -0.39 is 10.8 Å². The molecular weight excluding hydrogens is 288 g/mol. The highest BCUT2D eigenvalue weighted by Crippen LogP contribution is 2.26. The Morgan fingerprint density at radius 3 is 2.45 bits per heavy atom. The summed E-state index contributed by atoms with van der Waals surface area (Å²) in [6, 6.07) is 12.8. The average Bonchev–Trinajstić information content (AvgIpc) is 2.53. The highest BCUT2D eigenvalue weighted by molar-refractivity contribution is 5.94. The molecule has 2 aromatic carbocycles. The molecule has 0 atom stereocenters. The van der Waals surface area contributed by atoms with Crippen LogP contribution in [0.4, 0.5) is 11.4 Å². The number of rotatable bonds is 6. The molecule has 0 spiro atoms. The number of anilines is 1. The second-order valence-electron chi connectivity index (χ2n) is 4.26. The second kappa shape index (κ2) is 7.07. The van der Waals surface area contributed by atoms with E-state index >= 15 is 0 Å². The van der Waals surface area contributed by atoms with Crippen molar-refractivity contribution >= 4 is 17.3 Å². The lowest BCUT2D eigenvalue weighted by Gasteiger charge is -2.10. The molecule has 22 heavy (non-hydrogen) atoms. The molecule has 0 fully saturated rings. The van der Waals surface area contributed by atoms with Crippen molar-refractivity contribution in [2.45, 2.75) is 0 Å². The van der Waals surface area contributed by atoms with Crippen molar-refractivity contribution in [2.24, 2.45) is 0 Å². The van der Waals surface area contributed by atoms with Gasteiger partial charge in [-0.1, -0.05) is 24.3 Å². The summed E-state index contributed by atoms with van der Waals surface area (Å²) in [5.41, 5.74) is -0.0470. The summed E-state index contributed by atoms with van der Waals surface area (Å²) in [4.78, 5) is 22.2. The fraction of sp³-hybridized carbons (Fsp3) is 0.133. The van der Waals surface area contributed by atoms with Crippen LogP contribution in [0.15, 0.2) is 48.5 Å². The number of para-hydroxylation sites is 4. The van der Waals surface area contributed by atoms with Crippen LogP contribution in [0.5, 0.6) is 11.5 Å². The third kappa shape index (κ3) is 3.72. The van der Waals surface area contributed by atoms with E-state index in [1.807, 2.05) is 0 Å². The lowest BCUT2D eigenvalue weighted by molar-refractivity contribution is -0.383. The van der Waals surface area contributed by atoms with Gasteiger partial charge in [0.1, 0.15) is 5.69 Å². The zero-order valence-corrected chi connectivity index (χ0v) is 11.8. The van der Waals surface area contributed by atoms with Gasteiger partial charge in [0.05, 0.1) is 12.0 Å². The standard InChI is InChI=1S/C15H14N2O5/c1-21-13-8-4-5-9-14(13)22-10-15(18)16-11-6-2-3-7-12(11)17(19)20/h2-9H,10H2,1H3,(H,16,18). The van der Waals surface area contributed by atoms with E-state index in [4.69, 9.17) is 9.47 Å². The molecule has 0 aliphatic carbocycles. The van der Waals surface area contributed by atoms with Gasteiger partial charge in [0, 0.05) is 6.07 Å². The smallest absolute Gasteiger partial charge is 0.292 e. The zero-order chi connectivity index (χ0) is 15.9. The first-order valence-electron chi connectivity index (χ1n) is 6.41. The summed E-state index contributed by atoms with van der Waals surface area (Å²) in [7, 11) is 1.50. The van der Waals surface area contributed by atoms with E-state index in [-0.39, 0.29) is 18.0 Å². The van der Waals surface area contributed by atoms with Crippen molar-refractivity contribution in [2.75, 3.05) is 19.0 Å². The Morgan fingerprint density at radius 1 is 1.14 bits per heavy atom. The molecule has 0 heterocycles. The van der Waals surface area contributed by atoms with E-state index in [0.717, 1.165) is 0 Å². The van der Waals surface area contributed by atoms with Crippen molar-refractivity contribution in [1.29, 1.82) is 0 Å². The summed E-state index contributed by atoms with van der Waals surface area (Å²) in [5.74, 6) is 0.420. The number of ether oxygens (including phenoxy) is 2. The van der Waals surface area contributed by atoms with Crippen LogP contribution in [0.25, 0.3) is 0 Å². The van der Waals surface area contributed by atoms with Crippen molar-refractivity contribution < 1.29 is 19.2 Å². The fourth-order valence-corrected chi connectivity index (χ4v) is 1.81. The fourth-order valence-electron chi connectivity index (χ4n) is 1.81. The molecule has 0 unspecified atom stereocenters. The van der Waals surface area contributed by atoms with Gasteiger partial charge >= 0.3 is 0 Å². The maximum absolute atomic E-state index is 11.9. The summed E-state index contributed by atoms with van der Waals surface area (Å²) < 4.78 is 10.5. The number of nitrogens with one attached hydrogen (secondary N) is 1. The largest absolute Gasteiger partial charge is 0.493 e. The SMILES string of the molecule is COc1ccccc1OCC(=O)Nc1ccccc1[N+](=O)[O-]. The van der Waals surface area contributed by atoms with Crippen LogP contribution in [0.3, 0.4) is 0 Å². The van der Waals surface area contributed by atoms with Crippen molar-refractivity contribution in [1.82, 2.24) is 0 Å². The zero-order valence-electron chi connectivity index (χ0n) is 11.8. The number of amides is 1. The highest BCUT2D eigenvalue weighted by Gasteiger charge is 2.15. The molecule has 1 amide bonds. The van der Waals surface area contributed by atoms with Crippen molar-refractivity contribution in [3.63, 3.8) is 0 Å². The highest BCUT2D eigenvalue weighted by atomic mass is 16.6. The van der Waals surface area contributed by atoms with Gasteiger partial charge in [-0.25, -0.2) is 0 Å². The second-order valence-corrected chi connectivity index (χ2v) is 4.26. The molecule has 7 nitrogen and oxygen atoms in total. The van der Waals surface area contributed by atoms with Gasteiger partial charge in [0.15, 0.2) is 18.1 Å². The molecule has 7 heteroatoms. The molecule has 0 bridgehead atoms. The lowest BCUT2D eigenvalue weighted by Crippen LogP contribution is -2.20. The quantitative estimate of drug-likeness (QED) is 0.654. The Balaban J connectivity index is 2.01. The number of carbonyl (C=O) groups excluding carboxylic acids is 1. The normalized spacial score (nSPS) is 9.86. The predicted octanol–water partition coefficient (Wildman–Crippen LogP) is 2.62. The van der Waals surface area contributed by atoms with Crippen LogP contribution in [-0.2, 0) is 4.79 Å². The number of nitrogens with zero attached hydrogens (tertiary/aromatic N) is 1. The topological polar surface area (TPSA) is 90.7 Å². The number of carbonyl (C=O) groups is 1. The van der Waals surface area contributed by atoms with Gasteiger partial charge in [0.25, 0.3) is 11.6 Å². The molecule has 2 aromatic rings. The van der Waals surface area contributed by atoms with Crippen LogP contribution in [-0.4, -0.2) is 24.5 Å². The lowest BCUT2D eigenvalue weighted by atomic mass is 10.2. The summed E-state index contributed by atoms with van der Waals surface area (Å²) >= 11 is 0. The van der Waals surface area contributed by atoms with E-state index in [2.05, 4.69) is 5.32 Å². The van der Waals surface area contributed by atoms with Crippen LogP contribution in [0, 0.1) is 10.1 Å². The van der Waals surface area contributed by atoms with Gasteiger partial charge < -0.3 is 14.8 Å². The van der Waals surface area contributed by atoms with Crippen LogP contribution < -0.4 is 14.8 Å². The number of hydrogen-bond donors (Lipinski definition) is 1. The maximum Gasteiger partial charge on any atom is 0.292 e. The minimum absolute atomic E-state index is 0.126. The van der Waals surface area contributed by atoms with Gasteiger partial charge in [-0.05, 0) is 18.2 Å². The molecule has 0 aliphatic heterocycles. The Kier molecular flexibility index (Phi) is 4.92. The molecule has 0 aromatic heterocycles. The summed E-state index contributed by atoms with van der Waals surface area (Å²) in [6.07, 6.45) is 0. The Bertz CT molecular complexity index is 687. The van der Waals surface area contributed by atoms with E-state index in [0.29, 0.717) is 11.5 Å². The van der Waals surface area contributed by atoms with Gasteiger partial charge in [-0.15, -0.1) is 0 Å². The van der Waals surface area contributed by atoms with E-state index in [1.54, 1.807) is 30.3 Å². The Morgan fingerprint density at radius 2 is 1.77 bits per heavy atom. The first-order chi connectivity index (χ1) is 10.6. The molecule has 0 aliphatic rings. The number of hydrogen-bond acceptors (Lipinski definition) is 5. The van der Waals surface area contributed by atoms with E-state index in [1.165, 1.54) is 25.3 Å². The van der Waals surface area contributed by atoms with Crippen LogP contribution in [0.2, 0.25) is 0 Å². The van der Waals surface area contributed by atoms with E-state index in [9.17, 15) is 14.9 Å². The third-order valence-corrected chi connectivity index (χ3v) is 2.80. The van der Waals surface area contributed by atoms with Crippen LogP contribution >= 0.6 is 0 Å². The Hall–Kier alpha value is -3.09. The van der Waals surface area contributed by atoms with Gasteiger partial charge in [-0.2, -0.15) is 0 Å². The molecule has 2 rings (SSSR count). The minimum Gasteiger partial charge on any atom is -0.493 e. The maximum atomic E-state index is 11.9. The van der Waals surface area contributed by atoms with Crippen LogP contribution in [0.1, 0.15) is 0 Å². The molecule has 114 valence electrons. The molecular formula is C15H14N2O5. The van der Waals surface area contributed by atoms with Crippen molar-refractivity contribution in [3.05, 3.63) is 58.6 Å². The first-order valence-corrected chi connectivity index (χ1v) is 6.41. The number of methoxy groups -OCH3 is 1. The molecule has 0 saturated heterocycles. The minimum atomic E-state index is -0.559. The number of nitro benzene ring substituents is 1. The monoisotopic (exact) mass is 302 g/mol. The van der Waals surface area contributed by atoms with Gasteiger partial charge in [-0.3, -0.25) is 14.9 Å². The summed E-state index contributed by atoms with van der Waals surface area (Å²) in [5, 5.41) is 13.3. The molecule has 0 radical (unpaired) electrons. The summed E-state index contributed by atoms with van der Waals surface area (Å²) in [6.45, 7) is -0.285. The first kappa shape index (κ1) is 15.3. The number of benzene rings is 2. The average molecular weight is 302 g/mol. The Labute approximate surface area is 126 Å². The number of nitro groups is 1. The third-order valence-electron chi connectivity index (χ3n) is 2.80. The van der Waals surface area contributed by atoms with Gasteiger partial charge in [0.2, 0.25) is 0 Å². The molecule has 1 N–H and O–H groups in total. The van der Waals surface area contributed by atoms with Crippen molar-refractivity contribution in [3.8, 4) is 11.5 Å². The predicted molar refractivity (Wildman–Crippen MR) is 80.2 cm³/mol.